The standard InChI is InChI=1S/C16H24N2O/c1-11-4-3-5-13(8-6-11)18-16(19)14-10-12(2)7-9-15(14)17/h7,9-11,13H,3-6,8,17H2,1-2H3,(H,18,19). The number of anilines is 1. The van der Waals surface area contributed by atoms with Crippen molar-refractivity contribution in [3.05, 3.63) is 29.3 Å². The Morgan fingerprint density at radius 2 is 2.05 bits per heavy atom. The van der Waals surface area contributed by atoms with Crippen molar-refractivity contribution in [2.24, 2.45) is 5.92 Å². The van der Waals surface area contributed by atoms with Crippen LogP contribution >= 0.6 is 0 Å². The SMILES string of the molecule is Cc1ccc(N)c(C(=O)NC2CCCC(C)CC2)c1. The summed E-state index contributed by atoms with van der Waals surface area (Å²) in [7, 11) is 0. The van der Waals surface area contributed by atoms with E-state index < -0.39 is 0 Å². The Bertz CT molecular complexity index is 456. The molecule has 3 heteroatoms. The molecule has 3 nitrogen and oxygen atoms in total. The minimum Gasteiger partial charge on any atom is -0.398 e. The van der Waals surface area contributed by atoms with E-state index in [1.54, 1.807) is 6.07 Å². The molecule has 0 bridgehead atoms. The zero-order valence-corrected chi connectivity index (χ0v) is 11.9. The molecule has 0 radical (unpaired) electrons. The van der Waals surface area contributed by atoms with E-state index in [2.05, 4.69) is 12.2 Å². The monoisotopic (exact) mass is 260 g/mol. The average molecular weight is 260 g/mol. The number of nitrogens with one attached hydrogen (secondary N) is 1. The molecular formula is C16H24N2O. The van der Waals surface area contributed by atoms with Crippen LogP contribution in [0.25, 0.3) is 0 Å². The van der Waals surface area contributed by atoms with Crippen molar-refractivity contribution >= 4 is 11.6 Å². The largest absolute Gasteiger partial charge is 0.398 e. The molecule has 1 amide bonds. The summed E-state index contributed by atoms with van der Waals surface area (Å²) in [4.78, 5) is 12.3. The van der Waals surface area contributed by atoms with Gasteiger partial charge >= 0.3 is 0 Å². The predicted octanol–water partition coefficient (Wildman–Crippen LogP) is 3.28. The molecule has 104 valence electrons. The first-order chi connectivity index (χ1) is 9.06. The highest BCUT2D eigenvalue weighted by Crippen LogP contribution is 2.23. The third kappa shape index (κ3) is 3.72. The summed E-state index contributed by atoms with van der Waals surface area (Å²) in [6.45, 7) is 4.27. The van der Waals surface area contributed by atoms with Crippen LogP contribution in [0.3, 0.4) is 0 Å². The van der Waals surface area contributed by atoms with Crippen LogP contribution in [0.4, 0.5) is 5.69 Å². The molecule has 0 saturated heterocycles. The summed E-state index contributed by atoms with van der Waals surface area (Å²) >= 11 is 0. The van der Waals surface area contributed by atoms with Crippen LogP contribution in [0.15, 0.2) is 18.2 Å². The van der Waals surface area contributed by atoms with Gasteiger partial charge in [-0.1, -0.05) is 31.4 Å². The van der Waals surface area contributed by atoms with E-state index >= 15 is 0 Å². The molecule has 0 aromatic heterocycles. The molecular weight excluding hydrogens is 236 g/mol. The molecule has 1 aromatic rings. The second-order valence-corrected chi connectivity index (χ2v) is 5.87. The molecule has 19 heavy (non-hydrogen) atoms. The normalized spacial score (nSPS) is 23.7. The fraction of sp³-hybridized carbons (Fsp3) is 0.562. The summed E-state index contributed by atoms with van der Waals surface area (Å²) < 4.78 is 0. The number of rotatable bonds is 2. The molecule has 0 heterocycles. The molecule has 2 atom stereocenters. The second kappa shape index (κ2) is 6.09. The lowest BCUT2D eigenvalue weighted by atomic mass is 10.0. The van der Waals surface area contributed by atoms with Crippen molar-refractivity contribution in [3.63, 3.8) is 0 Å². The van der Waals surface area contributed by atoms with E-state index in [-0.39, 0.29) is 5.91 Å². The van der Waals surface area contributed by atoms with Crippen LogP contribution in [0, 0.1) is 12.8 Å². The Kier molecular flexibility index (Phi) is 4.46. The van der Waals surface area contributed by atoms with Crippen LogP contribution in [-0.4, -0.2) is 11.9 Å². The first kappa shape index (κ1) is 13.9. The molecule has 1 aliphatic rings. The molecule has 3 N–H and O–H groups in total. The number of benzene rings is 1. The lowest BCUT2D eigenvalue weighted by Crippen LogP contribution is -2.34. The lowest BCUT2D eigenvalue weighted by molar-refractivity contribution is 0.0934. The summed E-state index contributed by atoms with van der Waals surface area (Å²) in [5.74, 6) is 0.756. The van der Waals surface area contributed by atoms with E-state index in [1.807, 2.05) is 19.1 Å². The van der Waals surface area contributed by atoms with E-state index in [0.29, 0.717) is 17.3 Å². The summed E-state index contributed by atoms with van der Waals surface area (Å²) in [5, 5.41) is 3.14. The van der Waals surface area contributed by atoms with Crippen LogP contribution in [-0.2, 0) is 0 Å². The van der Waals surface area contributed by atoms with Crippen molar-refractivity contribution < 1.29 is 4.79 Å². The van der Waals surface area contributed by atoms with Gasteiger partial charge in [-0.25, -0.2) is 0 Å². The third-order valence-electron chi connectivity index (χ3n) is 4.05. The first-order valence-corrected chi connectivity index (χ1v) is 7.23. The van der Waals surface area contributed by atoms with Crippen LogP contribution in [0.1, 0.15) is 54.9 Å². The van der Waals surface area contributed by atoms with Gasteiger partial charge < -0.3 is 11.1 Å². The number of nitrogens with two attached hydrogens (primary N) is 1. The van der Waals surface area contributed by atoms with Crippen molar-refractivity contribution in [2.45, 2.75) is 52.0 Å². The lowest BCUT2D eigenvalue weighted by Gasteiger charge is -2.17. The van der Waals surface area contributed by atoms with E-state index in [4.69, 9.17) is 5.73 Å². The maximum absolute atomic E-state index is 12.3. The van der Waals surface area contributed by atoms with E-state index in [1.165, 1.54) is 19.3 Å². The molecule has 2 rings (SSSR count). The average Bonchev–Trinajstić information content (AvgIpc) is 2.57. The molecule has 0 spiro atoms. The first-order valence-electron chi connectivity index (χ1n) is 7.23. The number of hydrogen-bond donors (Lipinski definition) is 2. The molecule has 1 fully saturated rings. The van der Waals surface area contributed by atoms with Gasteiger partial charge in [0.05, 0.1) is 5.56 Å². The fourth-order valence-electron chi connectivity index (χ4n) is 2.76. The van der Waals surface area contributed by atoms with Crippen molar-refractivity contribution in [1.29, 1.82) is 0 Å². The summed E-state index contributed by atoms with van der Waals surface area (Å²) in [5.41, 5.74) is 8.12. The van der Waals surface area contributed by atoms with Gasteiger partial charge in [0, 0.05) is 11.7 Å². The number of carbonyl (C=O) groups excluding carboxylic acids is 1. The van der Waals surface area contributed by atoms with Crippen LogP contribution < -0.4 is 11.1 Å². The Morgan fingerprint density at radius 3 is 2.84 bits per heavy atom. The number of hydrogen-bond acceptors (Lipinski definition) is 2. The second-order valence-electron chi connectivity index (χ2n) is 5.87. The van der Waals surface area contributed by atoms with Gasteiger partial charge in [0.2, 0.25) is 0 Å². The Labute approximate surface area is 115 Å². The maximum Gasteiger partial charge on any atom is 0.253 e. The van der Waals surface area contributed by atoms with E-state index in [9.17, 15) is 4.79 Å². The van der Waals surface area contributed by atoms with Gasteiger partial charge in [0.25, 0.3) is 5.91 Å². The zero-order chi connectivity index (χ0) is 13.8. The Morgan fingerprint density at radius 1 is 1.26 bits per heavy atom. The third-order valence-corrected chi connectivity index (χ3v) is 4.05. The summed E-state index contributed by atoms with van der Waals surface area (Å²) in [6.07, 6.45) is 5.85. The van der Waals surface area contributed by atoms with Gasteiger partial charge in [-0.2, -0.15) is 0 Å². The molecule has 1 saturated carbocycles. The quantitative estimate of drug-likeness (QED) is 0.633. The summed E-state index contributed by atoms with van der Waals surface area (Å²) in [6, 6.07) is 5.90. The molecule has 2 unspecified atom stereocenters. The highest BCUT2D eigenvalue weighted by molar-refractivity contribution is 5.99. The molecule has 1 aromatic carbocycles. The van der Waals surface area contributed by atoms with Gasteiger partial charge in [-0.3, -0.25) is 4.79 Å². The number of carbonyl (C=O) groups is 1. The van der Waals surface area contributed by atoms with Crippen molar-refractivity contribution in [2.75, 3.05) is 5.73 Å². The minimum atomic E-state index is -0.0271. The topological polar surface area (TPSA) is 55.1 Å². The van der Waals surface area contributed by atoms with Gasteiger partial charge in [-0.05, 0) is 44.2 Å². The number of amides is 1. The van der Waals surface area contributed by atoms with Gasteiger partial charge in [0.15, 0.2) is 0 Å². The Balaban J connectivity index is 2.02. The van der Waals surface area contributed by atoms with Crippen molar-refractivity contribution in [3.8, 4) is 0 Å². The number of nitrogen functional groups attached to an aromatic ring is 1. The Hall–Kier alpha value is -1.51. The van der Waals surface area contributed by atoms with Gasteiger partial charge in [-0.15, -0.1) is 0 Å². The number of aryl methyl sites for hydroxylation is 1. The minimum absolute atomic E-state index is 0.0271. The smallest absolute Gasteiger partial charge is 0.253 e. The highest BCUT2D eigenvalue weighted by Gasteiger charge is 2.19. The molecule has 0 aliphatic heterocycles. The van der Waals surface area contributed by atoms with E-state index in [0.717, 1.165) is 24.3 Å². The van der Waals surface area contributed by atoms with Gasteiger partial charge in [0.1, 0.15) is 0 Å². The molecule has 1 aliphatic carbocycles. The fourth-order valence-corrected chi connectivity index (χ4v) is 2.76. The zero-order valence-electron chi connectivity index (χ0n) is 11.9. The predicted molar refractivity (Wildman–Crippen MR) is 79.1 cm³/mol. The van der Waals surface area contributed by atoms with Crippen LogP contribution in [0.2, 0.25) is 0 Å². The van der Waals surface area contributed by atoms with Crippen molar-refractivity contribution in [1.82, 2.24) is 5.32 Å². The highest BCUT2D eigenvalue weighted by atomic mass is 16.1. The maximum atomic E-state index is 12.3. The van der Waals surface area contributed by atoms with Crippen LogP contribution in [0.5, 0.6) is 0 Å².